The molecule has 0 radical (unpaired) electrons. The second-order valence-electron chi connectivity index (χ2n) is 7.00. The minimum atomic E-state index is -2.92. The largest absolute Gasteiger partial charge is 0.435 e. The number of aliphatic hydroxyl groups excluding tert-OH is 1. The number of amides is 2. The normalized spacial score (nSPS) is 10.7. The first-order chi connectivity index (χ1) is 16.9. The van der Waals surface area contributed by atoms with E-state index in [-0.39, 0.29) is 24.8 Å². The minimum absolute atomic E-state index is 0.00930. The molecule has 12 heteroatoms. The van der Waals surface area contributed by atoms with Gasteiger partial charge < -0.3 is 25.8 Å². The molecule has 0 atom stereocenters. The molecule has 0 saturated carbocycles. The molecule has 0 unspecified atom stereocenters. The fourth-order valence-corrected chi connectivity index (χ4v) is 3.78. The predicted molar refractivity (Wildman–Crippen MR) is 128 cm³/mol. The van der Waals surface area contributed by atoms with Crippen molar-refractivity contribution in [1.82, 2.24) is 15.3 Å². The molecule has 184 valence electrons. The molecule has 0 saturated heterocycles. The number of aliphatic hydroxyl groups is 1. The van der Waals surface area contributed by atoms with Crippen LogP contribution in [0.2, 0.25) is 0 Å². The van der Waals surface area contributed by atoms with Crippen LogP contribution in [-0.4, -0.2) is 53.2 Å². The SMILES string of the molecule is O=C(CNCCO)Nc1cc(CSc2ncccc2C(=O)Nc2ccc(OC(F)F)cc2)ccn1. The number of benzene rings is 1. The van der Waals surface area contributed by atoms with Crippen LogP contribution in [0.3, 0.4) is 0 Å². The Kier molecular flexibility index (Phi) is 9.90. The fraction of sp³-hybridized carbons (Fsp3) is 0.217. The van der Waals surface area contributed by atoms with Gasteiger partial charge in [-0.05, 0) is 54.1 Å². The molecule has 3 aromatic rings. The maximum atomic E-state index is 12.8. The van der Waals surface area contributed by atoms with Gasteiger partial charge in [-0.25, -0.2) is 9.97 Å². The molecule has 0 aliphatic rings. The zero-order valence-corrected chi connectivity index (χ0v) is 19.2. The average molecular weight is 504 g/mol. The topological polar surface area (TPSA) is 125 Å². The summed E-state index contributed by atoms with van der Waals surface area (Å²) in [5, 5.41) is 17.4. The molecule has 4 N–H and O–H groups in total. The number of hydrogen-bond donors (Lipinski definition) is 4. The molecule has 0 aliphatic heterocycles. The van der Waals surface area contributed by atoms with Gasteiger partial charge in [0.1, 0.15) is 16.6 Å². The highest BCUT2D eigenvalue weighted by molar-refractivity contribution is 7.98. The van der Waals surface area contributed by atoms with Gasteiger partial charge in [0.25, 0.3) is 5.91 Å². The van der Waals surface area contributed by atoms with E-state index in [1.54, 1.807) is 36.7 Å². The second-order valence-corrected chi connectivity index (χ2v) is 7.96. The van der Waals surface area contributed by atoms with Crippen LogP contribution in [0.25, 0.3) is 0 Å². The van der Waals surface area contributed by atoms with E-state index in [0.717, 1.165) is 5.56 Å². The first-order valence-corrected chi connectivity index (χ1v) is 11.4. The van der Waals surface area contributed by atoms with Crippen LogP contribution in [-0.2, 0) is 10.5 Å². The number of thioether (sulfide) groups is 1. The summed E-state index contributed by atoms with van der Waals surface area (Å²) in [4.78, 5) is 33.1. The molecule has 35 heavy (non-hydrogen) atoms. The summed E-state index contributed by atoms with van der Waals surface area (Å²) < 4.78 is 28.9. The Balaban J connectivity index is 1.60. The van der Waals surface area contributed by atoms with E-state index in [2.05, 4.69) is 30.7 Å². The molecule has 2 aromatic heterocycles. The zero-order chi connectivity index (χ0) is 25.0. The number of rotatable bonds is 12. The maximum Gasteiger partial charge on any atom is 0.387 e. The summed E-state index contributed by atoms with van der Waals surface area (Å²) in [5.41, 5.74) is 1.62. The van der Waals surface area contributed by atoms with E-state index >= 15 is 0 Å². The zero-order valence-electron chi connectivity index (χ0n) is 18.4. The van der Waals surface area contributed by atoms with Gasteiger partial charge >= 0.3 is 6.61 Å². The van der Waals surface area contributed by atoms with Crippen LogP contribution in [0.1, 0.15) is 15.9 Å². The van der Waals surface area contributed by atoms with E-state index in [9.17, 15) is 18.4 Å². The van der Waals surface area contributed by atoms with E-state index < -0.39 is 12.5 Å². The maximum absolute atomic E-state index is 12.8. The van der Waals surface area contributed by atoms with E-state index in [1.807, 2.05) is 0 Å². The van der Waals surface area contributed by atoms with Crippen LogP contribution < -0.4 is 20.7 Å². The number of pyridine rings is 2. The van der Waals surface area contributed by atoms with Crippen molar-refractivity contribution >= 4 is 35.1 Å². The lowest BCUT2D eigenvalue weighted by molar-refractivity contribution is -0.115. The summed E-state index contributed by atoms with van der Waals surface area (Å²) in [5.74, 6) is 0.155. The number of aromatic nitrogens is 2. The molecule has 0 aliphatic carbocycles. The Morgan fingerprint density at radius 3 is 2.60 bits per heavy atom. The summed E-state index contributed by atoms with van der Waals surface area (Å²) >= 11 is 1.34. The number of carbonyl (C=O) groups excluding carboxylic acids is 2. The third-order valence-electron chi connectivity index (χ3n) is 4.39. The third kappa shape index (κ3) is 8.59. The van der Waals surface area contributed by atoms with Crippen LogP contribution in [0.5, 0.6) is 5.75 Å². The highest BCUT2D eigenvalue weighted by Crippen LogP contribution is 2.26. The standard InChI is InChI=1S/C23H23F2N5O4S/c24-23(25)34-17-5-3-16(4-6-17)29-21(33)18-2-1-8-28-22(18)35-14-15-7-9-27-19(12-15)30-20(32)13-26-10-11-31/h1-9,12,23,26,31H,10-11,13-14H2,(H,29,33)(H,27,30,32). The van der Waals surface area contributed by atoms with Crippen molar-refractivity contribution in [3.63, 3.8) is 0 Å². The summed E-state index contributed by atoms with van der Waals surface area (Å²) in [6, 6.07) is 12.4. The molecule has 0 spiro atoms. The first-order valence-electron chi connectivity index (χ1n) is 10.4. The Labute approximate surface area is 204 Å². The summed E-state index contributed by atoms with van der Waals surface area (Å²) in [7, 11) is 0. The van der Waals surface area contributed by atoms with Crippen molar-refractivity contribution < 1.29 is 28.2 Å². The molecule has 2 heterocycles. The Bertz CT molecular complexity index is 1130. The number of alkyl halides is 2. The number of anilines is 2. The monoisotopic (exact) mass is 503 g/mol. The van der Waals surface area contributed by atoms with Gasteiger partial charge in [0, 0.05) is 30.4 Å². The molecule has 0 fully saturated rings. The number of nitrogens with zero attached hydrogens (tertiary/aromatic N) is 2. The van der Waals surface area contributed by atoms with Crippen LogP contribution in [0.15, 0.2) is 66.0 Å². The number of ether oxygens (including phenoxy) is 1. The average Bonchev–Trinajstić information content (AvgIpc) is 2.84. The van der Waals surface area contributed by atoms with Gasteiger partial charge in [-0.1, -0.05) is 0 Å². The van der Waals surface area contributed by atoms with Crippen molar-refractivity contribution in [2.45, 2.75) is 17.4 Å². The smallest absolute Gasteiger partial charge is 0.387 e. The Morgan fingerprint density at radius 1 is 1.06 bits per heavy atom. The quantitative estimate of drug-likeness (QED) is 0.219. The van der Waals surface area contributed by atoms with Crippen molar-refractivity contribution in [3.8, 4) is 5.75 Å². The Morgan fingerprint density at radius 2 is 1.86 bits per heavy atom. The lowest BCUT2D eigenvalue weighted by atomic mass is 10.2. The number of carbonyl (C=O) groups is 2. The Hall–Kier alpha value is -3.61. The highest BCUT2D eigenvalue weighted by Gasteiger charge is 2.14. The summed E-state index contributed by atoms with van der Waals surface area (Å²) in [6.45, 7) is -2.62. The molecule has 1 aromatic carbocycles. The number of hydrogen-bond acceptors (Lipinski definition) is 8. The lowest BCUT2D eigenvalue weighted by Crippen LogP contribution is -2.30. The summed E-state index contributed by atoms with van der Waals surface area (Å²) in [6.07, 6.45) is 3.15. The lowest BCUT2D eigenvalue weighted by Gasteiger charge is -2.11. The molecule has 9 nitrogen and oxygen atoms in total. The van der Waals surface area contributed by atoms with Gasteiger partial charge in [0.2, 0.25) is 5.91 Å². The van der Waals surface area contributed by atoms with Gasteiger partial charge in [0.15, 0.2) is 0 Å². The van der Waals surface area contributed by atoms with Gasteiger partial charge in [-0.2, -0.15) is 8.78 Å². The van der Waals surface area contributed by atoms with E-state index in [4.69, 9.17) is 5.11 Å². The van der Waals surface area contributed by atoms with Crippen molar-refractivity contribution in [2.24, 2.45) is 0 Å². The van der Waals surface area contributed by atoms with E-state index in [0.29, 0.717) is 34.4 Å². The minimum Gasteiger partial charge on any atom is -0.435 e. The molecule has 2 amide bonds. The fourth-order valence-electron chi connectivity index (χ4n) is 2.85. The number of nitrogens with one attached hydrogen (secondary N) is 3. The predicted octanol–water partition coefficient (Wildman–Crippen LogP) is 3.14. The highest BCUT2D eigenvalue weighted by atomic mass is 32.2. The van der Waals surface area contributed by atoms with Crippen molar-refractivity contribution in [3.05, 3.63) is 72.1 Å². The molecule has 0 bridgehead atoms. The second kappa shape index (κ2) is 13.3. The third-order valence-corrected chi connectivity index (χ3v) is 5.47. The van der Waals surface area contributed by atoms with Gasteiger partial charge in [-0.3, -0.25) is 9.59 Å². The first kappa shape index (κ1) is 26.0. The molecule has 3 rings (SSSR count). The molecular weight excluding hydrogens is 480 g/mol. The molecular formula is C23H23F2N5O4S. The number of halogens is 2. The van der Waals surface area contributed by atoms with Crippen LogP contribution >= 0.6 is 11.8 Å². The van der Waals surface area contributed by atoms with Crippen LogP contribution in [0.4, 0.5) is 20.3 Å². The van der Waals surface area contributed by atoms with E-state index in [1.165, 1.54) is 36.0 Å². The van der Waals surface area contributed by atoms with Crippen molar-refractivity contribution in [2.75, 3.05) is 30.3 Å². The van der Waals surface area contributed by atoms with Crippen LogP contribution in [0, 0.1) is 0 Å². The van der Waals surface area contributed by atoms with Gasteiger partial charge in [-0.15, -0.1) is 11.8 Å². The van der Waals surface area contributed by atoms with Crippen molar-refractivity contribution in [1.29, 1.82) is 0 Å². The van der Waals surface area contributed by atoms with Gasteiger partial charge in [0.05, 0.1) is 18.7 Å².